The number of halogens is 1. The van der Waals surface area contributed by atoms with Crippen LogP contribution < -0.4 is 10.1 Å². The van der Waals surface area contributed by atoms with Crippen molar-refractivity contribution in [3.8, 4) is 5.88 Å². The molecule has 1 aliphatic carbocycles. The van der Waals surface area contributed by atoms with Crippen molar-refractivity contribution in [2.45, 2.75) is 37.6 Å². The van der Waals surface area contributed by atoms with Crippen LogP contribution in [0.25, 0.3) is 0 Å². The Bertz CT molecular complexity index is 517. The van der Waals surface area contributed by atoms with E-state index in [1.54, 1.807) is 0 Å². The van der Waals surface area contributed by atoms with Gasteiger partial charge in [0.25, 0.3) is 5.88 Å². The number of hydrogen-bond acceptors (Lipinski definition) is 6. The van der Waals surface area contributed by atoms with Gasteiger partial charge in [-0.25, -0.2) is 4.98 Å². The fourth-order valence-electron chi connectivity index (χ4n) is 3.68. The fourth-order valence-corrected chi connectivity index (χ4v) is 3.68. The third-order valence-electron chi connectivity index (χ3n) is 4.95. The summed E-state index contributed by atoms with van der Waals surface area (Å²) in [7, 11) is 1.41. The lowest BCUT2D eigenvalue weighted by Gasteiger charge is -2.48. The summed E-state index contributed by atoms with van der Waals surface area (Å²) in [6, 6.07) is 0. The van der Waals surface area contributed by atoms with Crippen molar-refractivity contribution in [3.63, 3.8) is 0 Å². The number of rotatable bonds is 5. The number of nitrogens with one attached hydrogen (secondary N) is 1. The molecule has 23 heavy (non-hydrogen) atoms. The second-order valence-corrected chi connectivity index (χ2v) is 6.29. The molecule has 128 valence electrons. The highest BCUT2D eigenvalue weighted by Gasteiger charge is 2.38. The first kappa shape index (κ1) is 16.4. The maximum absolute atomic E-state index is 13.4. The van der Waals surface area contributed by atoms with Gasteiger partial charge in [-0.1, -0.05) is 19.3 Å². The third-order valence-corrected chi connectivity index (χ3v) is 4.95. The first-order valence-electron chi connectivity index (χ1n) is 8.37. The summed E-state index contributed by atoms with van der Waals surface area (Å²) in [6.07, 6.45) is 7.26. The molecule has 0 atom stereocenters. The molecule has 2 aliphatic rings. The molecule has 1 aromatic rings. The van der Waals surface area contributed by atoms with Crippen molar-refractivity contribution < 1.29 is 13.9 Å². The minimum Gasteiger partial charge on any atom is -0.479 e. The van der Waals surface area contributed by atoms with Crippen LogP contribution >= 0.6 is 0 Å². The van der Waals surface area contributed by atoms with E-state index in [1.165, 1.54) is 39.2 Å². The van der Waals surface area contributed by atoms with Crippen LogP contribution in [-0.4, -0.2) is 60.4 Å². The number of anilines is 1. The molecule has 6 nitrogen and oxygen atoms in total. The van der Waals surface area contributed by atoms with Crippen molar-refractivity contribution in [1.29, 1.82) is 0 Å². The van der Waals surface area contributed by atoms with Crippen LogP contribution in [0.4, 0.5) is 10.3 Å². The average molecular weight is 324 g/mol. The quantitative estimate of drug-likeness (QED) is 0.895. The number of nitrogens with zero attached hydrogens (tertiary/aromatic N) is 3. The van der Waals surface area contributed by atoms with Gasteiger partial charge in [-0.2, -0.15) is 9.37 Å². The maximum Gasteiger partial charge on any atom is 0.255 e. The Labute approximate surface area is 136 Å². The van der Waals surface area contributed by atoms with Gasteiger partial charge in [0, 0.05) is 25.2 Å². The SMILES string of the molecule is COc1nc(NCC2(N3CCOCC3)CCCCC2)ncc1F. The normalized spacial score (nSPS) is 21.8. The number of hydrogen-bond donors (Lipinski definition) is 1. The number of ether oxygens (including phenoxy) is 2. The number of morpholine rings is 1. The molecular formula is C16H25FN4O2. The molecular weight excluding hydrogens is 299 g/mol. The Morgan fingerprint density at radius 1 is 1.30 bits per heavy atom. The Hall–Kier alpha value is -1.47. The molecule has 2 heterocycles. The standard InChI is InChI=1S/C16H25FN4O2/c1-22-14-13(17)11-18-15(20-14)19-12-16(5-3-2-4-6-16)21-7-9-23-10-8-21/h11H,2-10,12H2,1H3,(H,18,19,20). The first-order chi connectivity index (χ1) is 11.2. The van der Waals surface area contributed by atoms with Gasteiger partial charge in [0.2, 0.25) is 11.8 Å². The van der Waals surface area contributed by atoms with E-state index in [2.05, 4.69) is 20.2 Å². The van der Waals surface area contributed by atoms with Crippen LogP contribution in [0.15, 0.2) is 6.20 Å². The summed E-state index contributed by atoms with van der Waals surface area (Å²) < 4.78 is 23.9. The molecule has 7 heteroatoms. The fraction of sp³-hybridized carbons (Fsp3) is 0.750. The van der Waals surface area contributed by atoms with Crippen molar-refractivity contribution in [1.82, 2.24) is 14.9 Å². The lowest BCUT2D eigenvalue weighted by molar-refractivity contribution is -0.0319. The van der Waals surface area contributed by atoms with Gasteiger partial charge in [-0.15, -0.1) is 0 Å². The van der Waals surface area contributed by atoms with Crippen molar-refractivity contribution in [2.24, 2.45) is 0 Å². The van der Waals surface area contributed by atoms with Gasteiger partial charge in [0.15, 0.2) is 0 Å². The summed E-state index contributed by atoms with van der Waals surface area (Å²) in [5.41, 5.74) is 0.118. The molecule has 0 spiro atoms. The Kier molecular flexibility index (Phi) is 5.27. The highest BCUT2D eigenvalue weighted by Crippen LogP contribution is 2.34. The van der Waals surface area contributed by atoms with E-state index in [9.17, 15) is 4.39 Å². The van der Waals surface area contributed by atoms with Crippen LogP contribution in [0, 0.1) is 5.82 Å². The van der Waals surface area contributed by atoms with Gasteiger partial charge < -0.3 is 14.8 Å². The second-order valence-electron chi connectivity index (χ2n) is 6.29. The van der Waals surface area contributed by atoms with E-state index in [0.717, 1.165) is 39.0 Å². The molecule has 1 aliphatic heterocycles. The van der Waals surface area contributed by atoms with Gasteiger partial charge in [0.05, 0.1) is 26.5 Å². The van der Waals surface area contributed by atoms with E-state index in [4.69, 9.17) is 9.47 Å². The molecule has 1 saturated carbocycles. The van der Waals surface area contributed by atoms with Crippen LogP contribution in [0.3, 0.4) is 0 Å². The Balaban J connectivity index is 1.71. The summed E-state index contributed by atoms with van der Waals surface area (Å²) in [6.45, 7) is 4.29. The van der Waals surface area contributed by atoms with E-state index in [-0.39, 0.29) is 11.4 Å². The van der Waals surface area contributed by atoms with E-state index in [0.29, 0.717) is 5.95 Å². The van der Waals surface area contributed by atoms with Crippen molar-refractivity contribution in [2.75, 3.05) is 45.3 Å². The van der Waals surface area contributed by atoms with Crippen molar-refractivity contribution in [3.05, 3.63) is 12.0 Å². The summed E-state index contributed by atoms with van der Waals surface area (Å²) in [5.74, 6) is -0.147. The predicted molar refractivity (Wildman–Crippen MR) is 85.2 cm³/mol. The molecule has 1 N–H and O–H groups in total. The average Bonchev–Trinajstić information content (AvgIpc) is 2.62. The van der Waals surface area contributed by atoms with Gasteiger partial charge in [-0.05, 0) is 12.8 Å². The zero-order valence-corrected chi connectivity index (χ0v) is 13.7. The molecule has 1 aromatic heterocycles. The molecule has 3 rings (SSSR count). The van der Waals surface area contributed by atoms with E-state index < -0.39 is 5.82 Å². The van der Waals surface area contributed by atoms with E-state index in [1.807, 2.05) is 0 Å². The Morgan fingerprint density at radius 2 is 2.04 bits per heavy atom. The van der Waals surface area contributed by atoms with Crippen LogP contribution in [0.5, 0.6) is 5.88 Å². The molecule has 0 bridgehead atoms. The zero-order chi connectivity index (χ0) is 16.1. The second kappa shape index (κ2) is 7.40. The number of aromatic nitrogens is 2. The largest absolute Gasteiger partial charge is 0.479 e. The molecule has 0 amide bonds. The van der Waals surface area contributed by atoms with Gasteiger partial charge in [-0.3, -0.25) is 4.90 Å². The molecule has 0 unspecified atom stereocenters. The van der Waals surface area contributed by atoms with Crippen LogP contribution in [0.1, 0.15) is 32.1 Å². The third kappa shape index (κ3) is 3.72. The molecule has 0 radical (unpaired) electrons. The van der Waals surface area contributed by atoms with Gasteiger partial charge in [0.1, 0.15) is 0 Å². The highest BCUT2D eigenvalue weighted by molar-refractivity contribution is 5.29. The Morgan fingerprint density at radius 3 is 2.74 bits per heavy atom. The maximum atomic E-state index is 13.4. The number of methoxy groups -OCH3 is 1. The molecule has 0 aromatic carbocycles. The summed E-state index contributed by atoms with van der Waals surface area (Å²) >= 11 is 0. The van der Waals surface area contributed by atoms with Gasteiger partial charge >= 0.3 is 0 Å². The molecule has 1 saturated heterocycles. The minimum atomic E-state index is -0.543. The highest BCUT2D eigenvalue weighted by atomic mass is 19.1. The first-order valence-corrected chi connectivity index (χ1v) is 8.37. The van der Waals surface area contributed by atoms with Crippen LogP contribution in [-0.2, 0) is 4.74 Å². The zero-order valence-electron chi connectivity index (χ0n) is 13.7. The predicted octanol–water partition coefficient (Wildman–Crippen LogP) is 2.07. The lowest BCUT2D eigenvalue weighted by atomic mass is 9.80. The van der Waals surface area contributed by atoms with Crippen LogP contribution in [0.2, 0.25) is 0 Å². The van der Waals surface area contributed by atoms with E-state index >= 15 is 0 Å². The van der Waals surface area contributed by atoms with Crippen molar-refractivity contribution >= 4 is 5.95 Å². The lowest BCUT2D eigenvalue weighted by Crippen LogP contribution is -2.58. The monoisotopic (exact) mass is 324 g/mol. The summed E-state index contributed by atoms with van der Waals surface area (Å²) in [5, 5.41) is 3.30. The topological polar surface area (TPSA) is 59.5 Å². The summed E-state index contributed by atoms with van der Waals surface area (Å²) in [4.78, 5) is 10.7. The molecule has 2 fully saturated rings. The smallest absolute Gasteiger partial charge is 0.255 e. The minimum absolute atomic E-state index is 0.0217.